The van der Waals surface area contributed by atoms with Crippen LogP contribution in [0.4, 0.5) is 0 Å². The number of ether oxygens (including phenoxy) is 1. The van der Waals surface area contributed by atoms with Gasteiger partial charge in [0.2, 0.25) is 0 Å². The summed E-state index contributed by atoms with van der Waals surface area (Å²) in [6.07, 6.45) is 3.34. The summed E-state index contributed by atoms with van der Waals surface area (Å²) in [6.45, 7) is 10.0. The molecule has 2 saturated heterocycles. The van der Waals surface area contributed by atoms with Gasteiger partial charge in [0.1, 0.15) is 0 Å². The molecule has 1 aromatic heterocycles. The van der Waals surface area contributed by atoms with Crippen molar-refractivity contribution in [2.24, 2.45) is 11.8 Å². The number of hydrogen-bond donors (Lipinski definition) is 0. The second kappa shape index (κ2) is 5.95. The third-order valence-electron chi connectivity index (χ3n) is 5.11. The van der Waals surface area contributed by atoms with Crippen LogP contribution in [0.1, 0.15) is 23.4 Å². The maximum Gasteiger partial charge on any atom is 0.0798 e. The van der Waals surface area contributed by atoms with Gasteiger partial charge in [-0.25, -0.2) is 4.98 Å². The van der Waals surface area contributed by atoms with Crippen LogP contribution in [-0.4, -0.2) is 60.2 Å². The van der Waals surface area contributed by atoms with Gasteiger partial charge in [-0.3, -0.25) is 4.90 Å². The predicted octanol–water partition coefficient (Wildman–Crippen LogP) is 1.99. The van der Waals surface area contributed by atoms with Crippen LogP contribution in [0.5, 0.6) is 0 Å². The molecule has 0 N–H and O–H groups in total. The molecule has 0 amide bonds. The molecule has 4 nitrogen and oxygen atoms in total. The van der Waals surface area contributed by atoms with E-state index in [9.17, 15) is 0 Å². The van der Waals surface area contributed by atoms with Crippen molar-refractivity contribution in [3.05, 3.63) is 16.1 Å². The summed E-state index contributed by atoms with van der Waals surface area (Å²) in [4.78, 5) is 11.0. The standard InChI is InChI=1S/C16H25N3OS/c1-12-16(21-11-17-12)10-19-8-14-7-18(6-13-2-3-13)4-5-20-15(14)9-19/h11,13-15H,2-10H2,1H3/t14-,15+/m1/s1. The van der Waals surface area contributed by atoms with Crippen LogP contribution in [0.15, 0.2) is 5.51 Å². The van der Waals surface area contributed by atoms with E-state index in [1.807, 2.05) is 5.51 Å². The lowest BCUT2D eigenvalue weighted by atomic mass is 10.1. The van der Waals surface area contributed by atoms with Crippen molar-refractivity contribution in [1.29, 1.82) is 0 Å². The molecule has 3 heterocycles. The predicted molar refractivity (Wildman–Crippen MR) is 84.5 cm³/mol. The van der Waals surface area contributed by atoms with Crippen LogP contribution in [0.2, 0.25) is 0 Å². The molecule has 5 heteroatoms. The molecule has 1 aliphatic carbocycles. The van der Waals surface area contributed by atoms with Gasteiger partial charge in [-0.15, -0.1) is 11.3 Å². The Morgan fingerprint density at radius 3 is 2.90 bits per heavy atom. The van der Waals surface area contributed by atoms with Gasteiger partial charge in [0.05, 0.1) is 23.9 Å². The van der Waals surface area contributed by atoms with Gasteiger partial charge in [0, 0.05) is 50.1 Å². The highest BCUT2D eigenvalue weighted by molar-refractivity contribution is 7.09. The van der Waals surface area contributed by atoms with Crippen molar-refractivity contribution in [3.8, 4) is 0 Å². The zero-order chi connectivity index (χ0) is 14.2. The molecular formula is C16H25N3OS. The van der Waals surface area contributed by atoms with Gasteiger partial charge >= 0.3 is 0 Å². The average Bonchev–Trinajstić information content (AvgIpc) is 3.12. The number of hydrogen-bond acceptors (Lipinski definition) is 5. The fourth-order valence-electron chi connectivity index (χ4n) is 3.69. The van der Waals surface area contributed by atoms with E-state index in [0.717, 1.165) is 32.2 Å². The molecular weight excluding hydrogens is 282 g/mol. The van der Waals surface area contributed by atoms with E-state index in [2.05, 4.69) is 21.7 Å². The zero-order valence-corrected chi connectivity index (χ0v) is 13.6. The van der Waals surface area contributed by atoms with Crippen molar-refractivity contribution >= 4 is 11.3 Å². The third kappa shape index (κ3) is 3.31. The molecule has 3 aliphatic rings. The van der Waals surface area contributed by atoms with Crippen LogP contribution < -0.4 is 0 Å². The first-order valence-electron chi connectivity index (χ1n) is 8.23. The number of rotatable bonds is 4. The molecule has 0 unspecified atom stereocenters. The monoisotopic (exact) mass is 307 g/mol. The van der Waals surface area contributed by atoms with Gasteiger partial charge in [0.25, 0.3) is 0 Å². The van der Waals surface area contributed by atoms with Crippen LogP contribution >= 0.6 is 11.3 Å². The Hall–Kier alpha value is -0.490. The summed E-state index contributed by atoms with van der Waals surface area (Å²) in [5.41, 5.74) is 3.16. The summed E-state index contributed by atoms with van der Waals surface area (Å²) >= 11 is 1.79. The second-order valence-corrected chi connectivity index (χ2v) is 7.87. The highest BCUT2D eigenvalue weighted by Gasteiger charge is 2.37. The highest BCUT2D eigenvalue weighted by Crippen LogP contribution is 2.32. The summed E-state index contributed by atoms with van der Waals surface area (Å²) in [7, 11) is 0. The van der Waals surface area contributed by atoms with E-state index in [1.54, 1.807) is 11.3 Å². The minimum Gasteiger partial charge on any atom is -0.375 e. The van der Waals surface area contributed by atoms with Crippen molar-refractivity contribution in [2.45, 2.75) is 32.4 Å². The number of likely N-dealkylation sites (tertiary alicyclic amines) is 1. The minimum absolute atomic E-state index is 0.447. The molecule has 0 spiro atoms. The van der Waals surface area contributed by atoms with Gasteiger partial charge in [-0.1, -0.05) is 0 Å². The molecule has 2 atom stereocenters. The topological polar surface area (TPSA) is 28.6 Å². The van der Waals surface area contributed by atoms with Crippen molar-refractivity contribution < 1.29 is 4.74 Å². The fraction of sp³-hybridized carbons (Fsp3) is 0.812. The lowest BCUT2D eigenvalue weighted by Gasteiger charge is -2.23. The van der Waals surface area contributed by atoms with E-state index in [4.69, 9.17) is 4.74 Å². The number of fused-ring (bicyclic) bond motifs is 1. The second-order valence-electron chi connectivity index (χ2n) is 6.93. The van der Waals surface area contributed by atoms with Crippen molar-refractivity contribution in [3.63, 3.8) is 0 Å². The Morgan fingerprint density at radius 2 is 2.14 bits per heavy atom. The third-order valence-corrected chi connectivity index (χ3v) is 6.03. The number of aromatic nitrogens is 1. The fourth-order valence-corrected chi connectivity index (χ4v) is 4.51. The molecule has 116 valence electrons. The molecule has 4 rings (SSSR count). The van der Waals surface area contributed by atoms with Gasteiger partial charge in [-0.2, -0.15) is 0 Å². The summed E-state index contributed by atoms with van der Waals surface area (Å²) in [6, 6.07) is 0. The Kier molecular flexibility index (Phi) is 4.00. The van der Waals surface area contributed by atoms with E-state index < -0.39 is 0 Å². The number of aryl methyl sites for hydroxylation is 1. The van der Waals surface area contributed by atoms with E-state index >= 15 is 0 Å². The molecule has 2 aliphatic heterocycles. The van der Waals surface area contributed by atoms with Crippen molar-refractivity contribution in [2.75, 3.05) is 39.3 Å². The van der Waals surface area contributed by atoms with Crippen LogP contribution in [0.25, 0.3) is 0 Å². The summed E-state index contributed by atoms with van der Waals surface area (Å²) < 4.78 is 6.14. The molecule has 0 aromatic carbocycles. The molecule has 21 heavy (non-hydrogen) atoms. The highest BCUT2D eigenvalue weighted by atomic mass is 32.1. The maximum absolute atomic E-state index is 6.14. The molecule has 1 saturated carbocycles. The van der Waals surface area contributed by atoms with E-state index in [0.29, 0.717) is 12.0 Å². The molecule has 0 bridgehead atoms. The largest absolute Gasteiger partial charge is 0.375 e. The minimum atomic E-state index is 0.447. The first kappa shape index (κ1) is 14.1. The first-order valence-corrected chi connectivity index (χ1v) is 9.11. The molecule has 1 aromatic rings. The Balaban J connectivity index is 1.36. The number of thiazole rings is 1. The molecule has 0 radical (unpaired) electrons. The number of nitrogens with zero attached hydrogens (tertiary/aromatic N) is 3. The van der Waals surface area contributed by atoms with Crippen LogP contribution in [0, 0.1) is 18.8 Å². The van der Waals surface area contributed by atoms with Gasteiger partial charge in [0.15, 0.2) is 0 Å². The smallest absolute Gasteiger partial charge is 0.0798 e. The lowest BCUT2D eigenvalue weighted by molar-refractivity contribution is 0.0511. The van der Waals surface area contributed by atoms with Crippen molar-refractivity contribution in [1.82, 2.24) is 14.8 Å². The maximum atomic E-state index is 6.14. The Bertz CT molecular complexity index is 488. The van der Waals surface area contributed by atoms with Crippen LogP contribution in [0.3, 0.4) is 0 Å². The van der Waals surface area contributed by atoms with Gasteiger partial charge < -0.3 is 9.64 Å². The Morgan fingerprint density at radius 1 is 1.29 bits per heavy atom. The van der Waals surface area contributed by atoms with E-state index in [1.165, 1.54) is 43.0 Å². The summed E-state index contributed by atoms with van der Waals surface area (Å²) in [5.74, 6) is 1.68. The summed E-state index contributed by atoms with van der Waals surface area (Å²) in [5, 5.41) is 0. The molecule has 3 fully saturated rings. The van der Waals surface area contributed by atoms with Gasteiger partial charge in [-0.05, 0) is 25.7 Å². The Labute approximate surface area is 131 Å². The SMILES string of the molecule is Cc1ncsc1CN1C[C@H]2CN(CC3CC3)CCO[C@H]2C1. The zero-order valence-electron chi connectivity index (χ0n) is 12.8. The average molecular weight is 307 g/mol. The lowest BCUT2D eigenvalue weighted by Crippen LogP contribution is -2.34. The van der Waals surface area contributed by atoms with Crippen LogP contribution in [-0.2, 0) is 11.3 Å². The first-order chi connectivity index (χ1) is 10.3. The van der Waals surface area contributed by atoms with E-state index in [-0.39, 0.29) is 0 Å². The normalized spacial score (nSPS) is 31.3. The quantitative estimate of drug-likeness (QED) is 0.850.